The Morgan fingerprint density at radius 1 is 1.25 bits per heavy atom. The number of hydrogen-bond acceptors (Lipinski definition) is 1. The van der Waals surface area contributed by atoms with Crippen molar-refractivity contribution in [1.29, 1.82) is 0 Å². The van der Waals surface area contributed by atoms with Gasteiger partial charge in [-0.3, -0.25) is 0 Å². The first-order valence-corrected chi connectivity index (χ1v) is 5.27. The number of hydrogen-bond donors (Lipinski definition) is 1. The van der Waals surface area contributed by atoms with Gasteiger partial charge in [0.2, 0.25) is 0 Å². The van der Waals surface area contributed by atoms with E-state index < -0.39 is 0 Å². The SMILES string of the molecule is CC1CC1NC1CC2CC=CC21. The number of rotatable bonds is 2. The molecule has 0 aliphatic heterocycles. The van der Waals surface area contributed by atoms with Crippen molar-refractivity contribution in [2.24, 2.45) is 17.8 Å². The van der Waals surface area contributed by atoms with Crippen molar-refractivity contribution in [2.75, 3.05) is 0 Å². The summed E-state index contributed by atoms with van der Waals surface area (Å²) in [6.07, 6.45) is 8.99. The molecule has 1 nitrogen and oxygen atoms in total. The van der Waals surface area contributed by atoms with Crippen molar-refractivity contribution in [2.45, 2.75) is 38.3 Å². The molecule has 5 atom stereocenters. The Hall–Kier alpha value is -0.300. The molecule has 0 saturated heterocycles. The number of fused-ring (bicyclic) bond motifs is 1. The maximum atomic E-state index is 3.76. The molecular formula is C11H17N. The predicted octanol–water partition coefficient (Wildman–Crippen LogP) is 1.95. The summed E-state index contributed by atoms with van der Waals surface area (Å²) >= 11 is 0. The highest BCUT2D eigenvalue weighted by atomic mass is 15.0. The van der Waals surface area contributed by atoms with Gasteiger partial charge >= 0.3 is 0 Å². The Morgan fingerprint density at radius 3 is 2.75 bits per heavy atom. The molecule has 0 aromatic rings. The van der Waals surface area contributed by atoms with E-state index in [2.05, 4.69) is 24.4 Å². The van der Waals surface area contributed by atoms with Crippen LogP contribution in [0.4, 0.5) is 0 Å². The summed E-state index contributed by atoms with van der Waals surface area (Å²) in [5.74, 6) is 2.86. The minimum absolute atomic E-state index is 0.837. The topological polar surface area (TPSA) is 12.0 Å². The third-order valence-corrected chi connectivity index (χ3v) is 3.90. The van der Waals surface area contributed by atoms with Crippen LogP contribution in [0.15, 0.2) is 12.2 Å². The largest absolute Gasteiger partial charge is 0.310 e. The van der Waals surface area contributed by atoms with Gasteiger partial charge in [0.1, 0.15) is 0 Å². The van der Waals surface area contributed by atoms with E-state index in [9.17, 15) is 0 Å². The molecule has 0 radical (unpaired) electrons. The van der Waals surface area contributed by atoms with Crippen molar-refractivity contribution in [3.05, 3.63) is 12.2 Å². The Bertz CT molecular complexity index is 221. The van der Waals surface area contributed by atoms with E-state index >= 15 is 0 Å². The standard InChI is InChI=1S/C11H17N/c1-7-5-10(7)12-11-6-8-3-2-4-9(8)11/h2,4,7-12H,3,5-6H2,1H3. The second kappa shape index (κ2) is 2.35. The van der Waals surface area contributed by atoms with Crippen molar-refractivity contribution < 1.29 is 0 Å². The van der Waals surface area contributed by atoms with Gasteiger partial charge in [0, 0.05) is 12.1 Å². The van der Waals surface area contributed by atoms with Crippen LogP contribution in [0.2, 0.25) is 0 Å². The van der Waals surface area contributed by atoms with Crippen LogP contribution in [0.5, 0.6) is 0 Å². The Labute approximate surface area is 74.2 Å². The summed E-state index contributed by atoms with van der Waals surface area (Å²) in [7, 11) is 0. The van der Waals surface area contributed by atoms with E-state index in [1.165, 1.54) is 19.3 Å². The molecule has 2 fully saturated rings. The van der Waals surface area contributed by atoms with Crippen LogP contribution >= 0.6 is 0 Å². The molecule has 0 aromatic heterocycles. The minimum Gasteiger partial charge on any atom is -0.310 e. The average Bonchev–Trinajstić information content (AvgIpc) is 2.57. The molecular weight excluding hydrogens is 146 g/mol. The second-order valence-electron chi connectivity index (χ2n) is 4.83. The molecule has 0 bridgehead atoms. The molecule has 3 rings (SSSR count). The lowest BCUT2D eigenvalue weighted by Crippen LogP contribution is -2.49. The summed E-state index contributed by atoms with van der Waals surface area (Å²) in [5, 5.41) is 3.76. The molecule has 12 heavy (non-hydrogen) atoms. The summed E-state index contributed by atoms with van der Waals surface area (Å²) in [5.41, 5.74) is 0. The van der Waals surface area contributed by atoms with Gasteiger partial charge in [-0.25, -0.2) is 0 Å². The molecule has 1 heteroatoms. The first-order chi connectivity index (χ1) is 5.84. The second-order valence-corrected chi connectivity index (χ2v) is 4.83. The highest BCUT2D eigenvalue weighted by molar-refractivity contribution is 5.14. The van der Waals surface area contributed by atoms with Crippen LogP contribution in [0.3, 0.4) is 0 Å². The van der Waals surface area contributed by atoms with Crippen molar-refractivity contribution >= 4 is 0 Å². The zero-order chi connectivity index (χ0) is 8.13. The van der Waals surface area contributed by atoms with E-state index in [0.29, 0.717) is 0 Å². The molecule has 0 heterocycles. The minimum atomic E-state index is 0.837. The van der Waals surface area contributed by atoms with Gasteiger partial charge < -0.3 is 5.32 Å². The fraction of sp³-hybridized carbons (Fsp3) is 0.818. The Kier molecular flexibility index (Phi) is 1.40. The van der Waals surface area contributed by atoms with Crippen molar-refractivity contribution in [3.63, 3.8) is 0 Å². The molecule has 3 aliphatic carbocycles. The molecule has 66 valence electrons. The zero-order valence-corrected chi connectivity index (χ0v) is 7.66. The quantitative estimate of drug-likeness (QED) is 0.613. The third-order valence-electron chi connectivity index (χ3n) is 3.90. The van der Waals surface area contributed by atoms with Crippen molar-refractivity contribution in [1.82, 2.24) is 5.32 Å². The molecule has 0 amide bonds. The lowest BCUT2D eigenvalue weighted by molar-refractivity contribution is 0.160. The Balaban J connectivity index is 1.55. The van der Waals surface area contributed by atoms with Gasteiger partial charge in [0.15, 0.2) is 0 Å². The number of allylic oxidation sites excluding steroid dienone is 1. The van der Waals surface area contributed by atoms with E-state index in [4.69, 9.17) is 0 Å². The monoisotopic (exact) mass is 163 g/mol. The smallest absolute Gasteiger partial charge is 0.0138 e. The Morgan fingerprint density at radius 2 is 2.08 bits per heavy atom. The van der Waals surface area contributed by atoms with Crippen LogP contribution in [-0.2, 0) is 0 Å². The van der Waals surface area contributed by atoms with E-state index in [1.807, 2.05) is 0 Å². The van der Waals surface area contributed by atoms with Crippen molar-refractivity contribution in [3.8, 4) is 0 Å². The third kappa shape index (κ3) is 0.957. The molecule has 3 aliphatic rings. The van der Waals surface area contributed by atoms with Gasteiger partial charge in [0.05, 0.1) is 0 Å². The van der Waals surface area contributed by atoms with Gasteiger partial charge in [-0.15, -0.1) is 0 Å². The first-order valence-electron chi connectivity index (χ1n) is 5.27. The van der Waals surface area contributed by atoms with Gasteiger partial charge in [-0.05, 0) is 37.0 Å². The summed E-state index contributed by atoms with van der Waals surface area (Å²) in [6, 6.07) is 1.70. The van der Waals surface area contributed by atoms with E-state index in [0.717, 1.165) is 29.8 Å². The molecule has 0 aromatic carbocycles. The number of nitrogens with one attached hydrogen (secondary N) is 1. The predicted molar refractivity (Wildman–Crippen MR) is 49.8 cm³/mol. The average molecular weight is 163 g/mol. The van der Waals surface area contributed by atoms with Crippen LogP contribution in [0.1, 0.15) is 26.2 Å². The van der Waals surface area contributed by atoms with Gasteiger partial charge in [-0.1, -0.05) is 19.1 Å². The zero-order valence-electron chi connectivity index (χ0n) is 7.66. The van der Waals surface area contributed by atoms with Gasteiger partial charge in [0.25, 0.3) is 0 Å². The highest BCUT2D eigenvalue weighted by Gasteiger charge is 2.44. The summed E-state index contributed by atoms with van der Waals surface area (Å²) in [4.78, 5) is 0. The normalized spacial score (nSPS) is 54.9. The maximum Gasteiger partial charge on any atom is 0.0138 e. The summed E-state index contributed by atoms with van der Waals surface area (Å²) < 4.78 is 0. The molecule has 0 spiro atoms. The van der Waals surface area contributed by atoms with E-state index in [-0.39, 0.29) is 0 Å². The fourth-order valence-corrected chi connectivity index (χ4v) is 2.74. The molecule has 2 saturated carbocycles. The lowest BCUT2D eigenvalue weighted by Gasteiger charge is -2.41. The van der Waals surface area contributed by atoms with Gasteiger partial charge in [-0.2, -0.15) is 0 Å². The van der Waals surface area contributed by atoms with E-state index in [1.54, 1.807) is 0 Å². The van der Waals surface area contributed by atoms with Crippen LogP contribution in [0.25, 0.3) is 0 Å². The maximum absolute atomic E-state index is 3.76. The molecule has 5 unspecified atom stereocenters. The lowest BCUT2D eigenvalue weighted by atomic mass is 9.71. The molecule has 1 N–H and O–H groups in total. The summed E-state index contributed by atoms with van der Waals surface area (Å²) in [6.45, 7) is 2.35. The van der Waals surface area contributed by atoms with Crippen LogP contribution in [0, 0.1) is 17.8 Å². The van der Waals surface area contributed by atoms with Crippen LogP contribution < -0.4 is 5.32 Å². The first kappa shape index (κ1) is 7.14. The highest BCUT2D eigenvalue weighted by Crippen LogP contribution is 2.44. The van der Waals surface area contributed by atoms with Crippen LogP contribution in [-0.4, -0.2) is 12.1 Å². The fourth-order valence-electron chi connectivity index (χ4n) is 2.74.